The molecule has 5 aliphatic carbocycles. The highest BCUT2D eigenvalue weighted by molar-refractivity contribution is 5.39. The Morgan fingerprint density at radius 3 is 2.23 bits per heavy atom. The molecular weight excluding hydrogens is 458 g/mol. The lowest BCUT2D eigenvalue weighted by atomic mass is 9.42. The molecule has 1 saturated heterocycles. The Hall–Kier alpha value is -0.400. The van der Waals surface area contributed by atoms with Crippen LogP contribution in [0.3, 0.4) is 0 Å². The molecule has 0 amide bonds. The molecule has 200 valence electrons. The average molecular weight is 500 g/mol. The Morgan fingerprint density at radius 2 is 1.66 bits per heavy atom. The Labute approximate surface area is 206 Å². The lowest BCUT2D eigenvalue weighted by Gasteiger charge is -2.70. The Balaban J connectivity index is 1.68. The topological polar surface area (TPSA) is 141 Å². The summed E-state index contributed by atoms with van der Waals surface area (Å²) in [4.78, 5) is 2.29. The number of fused-ring (bicyclic) bond motifs is 2. The van der Waals surface area contributed by atoms with E-state index in [4.69, 9.17) is 18.9 Å². The molecule has 6 aliphatic rings. The van der Waals surface area contributed by atoms with E-state index in [2.05, 4.69) is 11.8 Å². The van der Waals surface area contributed by atoms with Gasteiger partial charge < -0.3 is 44.5 Å². The number of likely N-dealkylation sites (tertiary alicyclic amines) is 1. The maximum Gasteiger partial charge on any atom is 0.120 e. The quantitative estimate of drug-likeness (QED) is 0.285. The molecule has 0 aromatic heterocycles. The van der Waals surface area contributed by atoms with Gasteiger partial charge in [0, 0.05) is 76.0 Å². The molecule has 10 heteroatoms. The van der Waals surface area contributed by atoms with E-state index in [1.165, 1.54) is 7.11 Å². The van der Waals surface area contributed by atoms with Gasteiger partial charge in [-0.3, -0.25) is 4.90 Å². The molecule has 1 unspecified atom stereocenters. The minimum absolute atomic E-state index is 0.156. The van der Waals surface area contributed by atoms with Crippen molar-refractivity contribution in [3.8, 4) is 0 Å². The van der Waals surface area contributed by atoms with Crippen LogP contribution in [-0.2, 0) is 18.9 Å². The summed E-state index contributed by atoms with van der Waals surface area (Å²) < 4.78 is 23.7. The first-order valence-corrected chi connectivity index (χ1v) is 12.9. The van der Waals surface area contributed by atoms with Gasteiger partial charge in [0.05, 0.1) is 31.0 Å². The van der Waals surface area contributed by atoms with E-state index in [0.29, 0.717) is 26.1 Å². The van der Waals surface area contributed by atoms with Crippen molar-refractivity contribution in [2.24, 2.45) is 34.5 Å². The minimum Gasteiger partial charge on any atom is -0.392 e. The molecule has 10 nitrogen and oxygen atoms in total. The smallest absolute Gasteiger partial charge is 0.120 e. The van der Waals surface area contributed by atoms with Crippen molar-refractivity contribution in [2.45, 2.75) is 73.6 Å². The predicted octanol–water partition coefficient (Wildman–Crippen LogP) is -1.79. The van der Waals surface area contributed by atoms with Gasteiger partial charge in [0.2, 0.25) is 0 Å². The first-order chi connectivity index (χ1) is 16.6. The van der Waals surface area contributed by atoms with Crippen LogP contribution in [-0.4, -0.2) is 132 Å². The van der Waals surface area contributed by atoms with Gasteiger partial charge in [-0.25, -0.2) is 0 Å². The van der Waals surface area contributed by atoms with Crippen molar-refractivity contribution in [3.05, 3.63) is 0 Å². The number of hydrogen-bond donors (Lipinski definition) is 5. The van der Waals surface area contributed by atoms with E-state index in [0.717, 1.165) is 0 Å². The van der Waals surface area contributed by atoms with Crippen LogP contribution in [0, 0.1) is 34.5 Å². The zero-order valence-electron chi connectivity index (χ0n) is 21.2. The van der Waals surface area contributed by atoms with Gasteiger partial charge in [-0.05, 0) is 18.9 Å². The van der Waals surface area contributed by atoms with Crippen molar-refractivity contribution < 1.29 is 44.5 Å². The van der Waals surface area contributed by atoms with Crippen molar-refractivity contribution in [1.29, 1.82) is 0 Å². The summed E-state index contributed by atoms with van der Waals surface area (Å²) >= 11 is 0. The third-order valence-corrected chi connectivity index (χ3v) is 11.7. The summed E-state index contributed by atoms with van der Waals surface area (Å²) in [6.07, 6.45) is -4.95. The number of aliphatic hydroxyl groups is 5. The van der Waals surface area contributed by atoms with Gasteiger partial charge >= 0.3 is 0 Å². The SMILES string of the molecule is CCN1C[C@@]2(COC)[C@@H](O)C[C@@H](OC)[C@@]34[C@@H]1C([C@@H](OC)[C@@H]23)[C@@]1(O)[C@@H]2[C@H](O)[C@@](O)(C[C@@H]24)[C@H](OC)[C@H]1O. The monoisotopic (exact) mass is 499 g/mol. The summed E-state index contributed by atoms with van der Waals surface area (Å²) in [6, 6.07) is -0.240. The van der Waals surface area contributed by atoms with Gasteiger partial charge in [-0.1, -0.05) is 6.92 Å². The van der Waals surface area contributed by atoms with Gasteiger partial charge in [-0.2, -0.15) is 0 Å². The number of hydrogen-bond acceptors (Lipinski definition) is 10. The van der Waals surface area contributed by atoms with Crippen molar-refractivity contribution in [3.63, 3.8) is 0 Å². The molecule has 0 radical (unpaired) electrons. The van der Waals surface area contributed by atoms with Crippen LogP contribution in [0.5, 0.6) is 0 Å². The number of nitrogens with zero attached hydrogens (tertiary/aromatic N) is 1. The van der Waals surface area contributed by atoms with Gasteiger partial charge in [0.25, 0.3) is 0 Å². The summed E-state index contributed by atoms with van der Waals surface area (Å²) in [5.41, 5.74) is -4.81. The molecule has 5 N–H and O–H groups in total. The van der Waals surface area contributed by atoms with Crippen molar-refractivity contribution in [2.75, 3.05) is 48.1 Å². The summed E-state index contributed by atoms with van der Waals surface area (Å²) in [5, 5.41) is 59.3. The van der Waals surface area contributed by atoms with Gasteiger partial charge in [-0.15, -0.1) is 0 Å². The standard InChI is InChI=1S/C25H41NO9/c1-6-26-9-22(10-32-2)12(27)7-13(33-3)24-11-8-23(30)19(28)14(11)25(31,20(29)21(23)35-5)15(18(24)26)16(34-4)17(22)24/h11-21,27-31H,6-10H2,1-5H3/t11-,12-,13+,14-,15?,16+,17-,18-,19-,20+,21+,22+,23-,24+,25-/m0/s1. The molecule has 1 spiro atoms. The van der Waals surface area contributed by atoms with Crippen LogP contribution >= 0.6 is 0 Å². The number of ether oxygens (including phenoxy) is 4. The number of rotatable bonds is 6. The summed E-state index contributed by atoms with van der Waals surface area (Å²) in [6.45, 7) is 3.58. The van der Waals surface area contributed by atoms with Crippen molar-refractivity contribution >= 4 is 0 Å². The van der Waals surface area contributed by atoms with E-state index in [9.17, 15) is 25.5 Å². The second kappa shape index (κ2) is 7.59. The first kappa shape index (κ1) is 24.9. The van der Waals surface area contributed by atoms with Crippen LogP contribution in [0.1, 0.15) is 19.8 Å². The zero-order valence-corrected chi connectivity index (χ0v) is 21.2. The molecule has 6 rings (SSSR count). The molecule has 1 aliphatic heterocycles. The molecule has 6 fully saturated rings. The molecule has 0 aromatic rings. The normalized spacial score (nSPS) is 62.4. The molecule has 0 aromatic carbocycles. The minimum atomic E-state index is -1.76. The second-order valence-corrected chi connectivity index (χ2v) is 12.1. The van der Waals surface area contributed by atoms with Crippen LogP contribution in [0.15, 0.2) is 0 Å². The third kappa shape index (κ3) is 2.35. The summed E-state index contributed by atoms with van der Waals surface area (Å²) in [7, 11) is 6.29. The average Bonchev–Trinajstić information content (AvgIpc) is 3.19. The van der Waals surface area contributed by atoms with E-state index in [1.54, 1.807) is 21.3 Å². The Morgan fingerprint density at radius 1 is 0.943 bits per heavy atom. The lowest BCUT2D eigenvalue weighted by molar-refractivity contribution is -0.320. The highest BCUT2D eigenvalue weighted by atomic mass is 16.5. The number of methoxy groups -OCH3 is 4. The molecule has 15 atom stereocenters. The fraction of sp³-hybridized carbons (Fsp3) is 1.00. The highest BCUT2D eigenvalue weighted by Gasteiger charge is 2.90. The van der Waals surface area contributed by atoms with Crippen LogP contribution < -0.4 is 0 Å². The third-order valence-electron chi connectivity index (χ3n) is 11.7. The maximum atomic E-state index is 12.6. The molecule has 1 heterocycles. The highest BCUT2D eigenvalue weighted by Crippen LogP contribution is 2.79. The second-order valence-electron chi connectivity index (χ2n) is 12.1. The van der Waals surface area contributed by atoms with Gasteiger partial charge in [0.1, 0.15) is 23.4 Å². The number of piperidine rings is 1. The van der Waals surface area contributed by atoms with Crippen LogP contribution in [0.25, 0.3) is 0 Å². The Kier molecular flexibility index (Phi) is 5.40. The first-order valence-electron chi connectivity index (χ1n) is 12.9. The predicted molar refractivity (Wildman–Crippen MR) is 121 cm³/mol. The van der Waals surface area contributed by atoms with Crippen LogP contribution in [0.4, 0.5) is 0 Å². The largest absolute Gasteiger partial charge is 0.392 e. The molecular formula is C25H41NO9. The van der Waals surface area contributed by atoms with E-state index >= 15 is 0 Å². The summed E-state index contributed by atoms with van der Waals surface area (Å²) in [5.74, 6) is -2.04. The van der Waals surface area contributed by atoms with E-state index < -0.39 is 76.4 Å². The van der Waals surface area contributed by atoms with Crippen LogP contribution in [0.2, 0.25) is 0 Å². The van der Waals surface area contributed by atoms with Crippen molar-refractivity contribution in [1.82, 2.24) is 4.90 Å². The van der Waals surface area contributed by atoms with E-state index in [-0.39, 0.29) is 18.4 Å². The molecule has 5 saturated carbocycles. The fourth-order valence-corrected chi connectivity index (χ4v) is 11.0. The Bertz CT molecular complexity index is 878. The molecule has 35 heavy (non-hydrogen) atoms. The maximum absolute atomic E-state index is 12.6. The number of aliphatic hydroxyl groups excluding tert-OH is 3. The zero-order chi connectivity index (χ0) is 25.3. The fourth-order valence-electron chi connectivity index (χ4n) is 11.0. The molecule has 7 bridgehead atoms. The van der Waals surface area contributed by atoms with E-state index in [1.807, 2.05) is 0 Å². The lowest BCUT2D eigenvalue weighted by Crippen LogP contribution is -2.81. The van der Waals surface area contributed by atoms with Gasteiger partial charge in [0.15, 0.2) is 0 Å².